The lowest BCUT2D eigenvalue weighted by molar-refractivity contribution is -0.326. The SMILES string of the molecule is CC(=O)O[C@H]1C[C@H]([C@@H](C)[C@H]2[C@@H](O)C[C@@]3(C)[C@@H]4CC[C@H]5C(C)(C)[C@@H](O[C@@H]6O[C@H](CO)[C@@H](O)[C@H](O)[C@H]6O)CC[C@@]56C[C@@]46CC[C@]23C)OC1(C)C. The van der Waals surface area contributed by atoms with Gasteiger partial charge in [0, 0.05) is 13.3 Å². The maximum absolute atomic E-state index is 12.0. The Hall–Kier alpha value is -0.850. The average Bonchev–Trinajstić information content (AvgIpc) is 3.49. The third kappa shape index (κ3) is 4.68. The van der Waals surface area contributed by atoms with Crippen molar-refractivity contribution in [3.05, 3.63) is 0 Å². The van der Waals surface area contributed by atoms with E-state index in [1.54, 1.807) is 0 Å². The highest BCUT2D eigenvalue weighted by molar-refractivity contribution is 5.66. The van der Waals surface area contributed by atoms with E-state index >= 15 is 0 Å². The molecule has 0 aromatic carbocycles. The second-order valence-electron chi connectivity index (χ2n) is 18.9. The van der Waals surface area contributed by atoms with Gasteiger partial charge in [-0.2, -0.15) is 0 Å². The Labute approximate surface area is 286 Å². The number of rotatable bonds is 6. The summed E-state index contributed by atoms with van der Waals surface area (Å²) in [5.74, 6) is 0.906. The maximum Gasteiger partial charge on any atom is 0.303 e. The van der Waals surface area contributed by atoms with Crippen molar-refractivity contribution in [3.63, 3.8) is 0 Å². The van der Waals surface area contributed by atoms with Crippen molar-refractivity contribution in [3.8, 4) is 0 Å². The molecule has 7 fully saturated rings. The van der Waals surface area contributed by atoms with Gasteiger partial charge in [-0.25, -0.2) is 0 Å². The van der Waals surface area contributed by atoms with Gasteiger partial charge in [0.05, 0.1) is 30.5 Å². The molecule has 7 aliphatic rings. The molecule has 48 heavy (non-hydrogen) atoms. The molecule has 2 aliphatic heterocycles. The predicted molar refractivity (Wildman–Crippen MR) is 175 cm³/mol. The van der Waals surface area contributed by atoms with Crippen LogP contribution in [0.5, 0.6) is 0 Å². The number of aliphatic hydroxyl groups is 5. The molecule has 0 radical (unpaired) electrons. The zero-order valence-corrected chi connectivity index (χ0v) is 30.4. The summed E-state index contributed by atoms with van der Waals surface area (Å²) in [5, 5.41) is 53.1. The fourth-order valence-electron chi connectivity index (χ4n) is 13.9. The second kappa shape index (κ2) is 11.3. The fraction of sp³-hybridized carbons (Fsp3) is 0.974. The van der Waals surface area contributed by atoms with E-state index in [1.807, 2.05) is 13.8 Å². The molecule has 0 bridgehead atoms. The van der Waals surface area contributed by atoms with Gasteiger partial charge in [-0.3, -0.25) is 4.79 Å². The van der Waals surface area contributed by atoms with Crippen molar-refractivity contribution >= 4 is 5.97 Å². The minimum Gasteiger partial charge on any atom is -0.459 e. The molecule has 0 amide bonds. The van der Waals surface area contributed by atoms with Crippen LogP contribution in [-0.2, 0) is 23.7 Å². The summed E-state index contributed by atoms with van der Waals surface area (Å²) >= 11 is 0. The Kier molecular flexibility index (Phi) is 8.39. The molecule has 0 aromatic heterocycles. The molecule has 0 unspecified atom stereocenters. The van der Waals surface area contributed by atoms with Crippen LogP contribution in [0.1, 0.15) is 113 Å². The van der Waals surface area contributed by atoms with Crippen molar-refractivity contribution in [2.45, 2.75) is 174 Å². The highest BCUT2D eigenvalue weighted by Gasteiger charge is 2.83. The second-order valence-corrected chi connectivity index (χ2v) is 18.9. The van der Waals surface area contributed by atoms with E-state index in [-0.39, 0.29) is 63.2 Å². The Morgan fingerprint density at radius 3 is 2.19 bits per heavy atom. The van der Waals surface area contributed by atoms with Gasteiger partial charge in [-0.05, 0) is 116 Å². The van der Waals surface area contributed by atoms with Crippen molar-refractivity contribution in [2.75, 3.05) is 6.61 Å². The molecule has 274 valence electrons. The Bertz CT molecular complexity index is 1270. The van der Waals surface area contributed by atoms with Gasteiger partial charge >= 0.3 is 5.97 Å². The maximum atomic E-state index is 12.0. The summed E-state index contributed by atoms with van der Waals surface area (Å²) in [4.78, 5) is 11.9. The summed E-state index contributed by atoms with van der Waals surface area (Å²) in [7, 11) is 0. The van der Waals surface area contributed by atoms with Crippen LogP contribution in [0, 0.1) is 50.7 Å². The average molecular weight is 679 g/mol. The van der Waals surface area contributed by atoms with Crippen molar-refractivity contribution in [2.24, 2.45) is 50.7 Å². The molecule has 7 rings (SSSR count). The molecule has 5 saturated carbocycles. The lowest BCUT2D eigenvalue weighted by Gasteiger charge is -2.63. The van der Waals surface area contributed by atoms with Crippen molar-refractivity contribution in [1.82, 2.24) is 0 Å². The highest BCUT2D eigenvalue weighted by atomic mass is 16.7. The molecule has 5 aliphatic carbocycles. The molecular formula is C38H62O10. The Morgan fingerprint density at radius 2 is 1.52 bits per heavy atom. The molecule has 17 atom stereocenters. The minimum absolute atomic E-state index is 0.00467. The standard InChI is InChI=1S/C38H62O10/c1-19(22-15-27(45-20(2)40)34(5,6)48-22)28-21(41)16-36(8)25-10-9-24-33(3,4)26(47-32-31(44)30(43)29(42)23(17-39)46-32)11-12-37(24)18-38(25,37)14-13-35(28,36)7/h19,21-32,39,41-44H,9-18H2,1-8H3/t19-,21+,22-,23-,24+,25+,26+,27+,28+,29-,30+,31-,32+,35-,36+,37-,38+/m1/s1. The summed E-state index contributed by atoms with van der Waals surface area (Å²) in [6.07, 6.45) is 1.66. The van der Waals surface area contributed by atoms with E-state index in [1.165, 1.54) is 13.3 Å². The fourth-order valence-corrected chi connectivity index (χ4v) is 13.9. The van der Waals surface area contributed by atoms with Crippen LogP contribution in [0.2, 0.25) is 0 Å². The van der Waals surface area contributed by atoms with E-state index in [9.17, 15) is 30.3 Å². The van der Waals surface area contributed by atoms with E-state index in [2.05, 4.69) is 34.6 Å². The van der Waals surface area contributed by atoms with E-state index in [0.717, 1.165) is 44.9 Å². The zero-order valence-electron chi connectivity index (χ0n) is 30.4. The molecule has 2 spiro atoms. The summed E-state index contributed by atoms with van der Waals surface area (Å²) in [5.41, 5.74) is -0.334. The first-order valence-electron chi connectivity index (χ1n) is 18.8. The molecular weight excluding hydrogens is 616 g/mol. The van der Waals surface area contributed by atoms with Crippen molar-refractivity contribution < 1.29 is 49.3 Å². The lowest BCUT2D eigenvalue weighted by atomic mass is 9.41. The molecule has 10 heteroatoms. The van der Waals surface area contributed by atoms with Crippen LogP contribution < -0.4 is 0 Å². The first-order chi connectivity index (χ1) is 22.3. The molecule has 10 nitrogen and oxygen atoms in total. The van der Waals surface area contributed by atoms with Crippen LogP contribution in [-0.4, -0.2) is 98.8 Å². The molecule has 0 aromatic rings. The number of fused-ring (bicyclic) bond motifs is 2. The number of carbonyl (C=O) groups excluding carboxylic acids is 1. The monoisotopic (exact) mass is 678 g/mol. The van der Waals surface area contributed by atoms with Crippen LogP contribution >= 0.6 is 0 Å². The van der Waals surface area contributed by atoms with Crippen LogP contribution in [0.15, 0.2) is 0 Å². The van der Waals surface area contributed by atoms with Crippen LogP contribution in [0.3, 0.4) is 0 Å². The third-order valence-corrected chi connectivity index (χ3v) is 16.4. The topological polar surface area (TPSA) is 155 Å². The van der Waals surface area contributed by atoms with E-state index < -0.39 is 49.0 Å². The van der Waals surface area contributed by atoms with Gasteiger partial charge in [-0.15, -0.1) is 0 Å². The smallest absolute Gasteiger partial charge is 0.303 e. The van der Waals surface area contributed by atoms with Crippen LogP contribution in [0.25, 0.3) is 0 Å². The highest BCUT2D eigenvalue weighted by Crippen LogP contribution is 2.89. The zero-order chi connectivity index (χ0) is 35.0. The Morgan fingerprint density at radius 1 is 0.854 bits per heavy atom. The number of esters is 1. The number of hydrogen-bond donors (Lipinski definition) is 5. The van der Waals surface area contributed by atoms with Gasteiger partial charge in [0.1, 0.15) is 30.5 Å². The summed E-state index contributed by atoms with van der Waals surface area (Å²) < 4.78 is 24.6. The van der Waals surface area contributed by atoms with E-state index in [0.29, 0.717) is 18.3 Å². The van der Waals surface area contributed by atoms with Gasteiger partial charge in [0.15, 0.2) is 6.29 Å². The first-order valence-corrected chi connectivity index (χ1v) is 18.8. The normalized spacial score (nSPS) is 55.5. The third-order valence-electron chi connectivity index (χ3n) is 16.4. The number of carbonyl (C=O) groups is 1. The van der Waals surface area contributed by atoms with Gasteiger partial charge in [-0.1, -0.05) is 34.6 Å². The first kappa shape index (κ1) is 35.5. The van der Waals surface area contributed by atoms with Gasteiger partial charge in [0.2, 0.25) is 0 Å². The predicted octanol–water partition coefficient (Wildman–Crippen LogP) is 3.72. The quantitative estimate of drug-likeness (QED) is 0.207. The largest absolute Gasteiger partial charge is 0.459 e. The number of hydrogen-bond acceptors (Lipinski definition) is 10. The summed E-state index contributed by atoms with van der Waals surface area (Å²) in [6.45, 7) is 16.8. The molecule has 5 N–H and O–H groups in total. The molecule has 2 saturated heterocycles. The van der Waals surface area contributed by atoms with Crippen molar-refractivity contribution in [1.29, 1.82) is 0 Å². The van der Waals surface area contributed by atoms with Gasteiger partial charge < -0.3 is 44.5 Å². The molecule has 2 heterocycles. The van der Waals surface area contributed by atoms with Gasteiger partial charge in [0.25, 0.3) is 0 Å². The summed E-state index contributed by atoms with van der Waals surface area (Å²) in [6, 6.07) is 0. The minimum atomic E-state index is -1.45. The van der Waals surface area contributed by atoms with Crippen LogP contribution in [0.4, 0.5) is 0 Å². The van der Waals surface area contributed by atoms with E-state index in [4.69, 9.17) is 18.9 Å². The number of aliphatic hydroxyl groups excluding tert-OH is 5. The lowest BCUT2D eigenvalue weighted by Crippen LogP contribution is -2.62. The Balaban J connectivity index is 1.10. The number of ether oxygens (including phenoxy) is 4.